The lowest BCUT2D eigenvalue weighted by Gasteiger charge is -2.10. The minimum absolute atomic E-state index is 0.0260. The van der Waals surface area contributed by atoms with Crippen LogP contribution in [0.2, 0.25) is 0 Å². The molecule has 0 saturated carbocycles. The molecule has 0 radical (unpaired) electrons. The SMILES string of the molecule is O=S1(=O)CCC(CCCNS(=O)(=O)CCOc2ccc(F)cc2)C1. The summed E-state index contributed by atoms with van der Waals surface area (Å²) in [5, 5.41) is 0. The van der Waals surface area contributed by atoms with Gasteiger partial charge in [-0.2, -0.15) is 0 Å². The molecule has 0 bridgehead atoms. The first-order valence-corrected chi connectivity index (χ1v) is 11.3. The molecule has 1 saturated heterocycles. The van der Waals surface area contributed by atoms with Gasteiger partial charge in [-0.25, -0.2) is 25.9 Å². The number of sulfonamides is 1. The molecule has 1 heterocycles. The highest BCUT2D eigenvalue weighted by molar-refractivity contribution is 7.91. The van der Waals surface area contributed by atoms with Gasteiger partial charge in [-0.3, -0.25) is 0 Å². The molecule has 24 heavy (non-hydrogen) atoms. The third-order valence-electron chi connectivity index (χ3n) is 3.87. The van der Waals surface area contributed by atoms with E-state index in [1.807, 2.05) is 0 Å². The van der Waals surface area contributed by atoms with E-state index >= 15 is 0 Å². The summed E-state index contributed by atoms with van der Waals surface area (Å²) in [6.07, 6.45) is 1.98. The van der Waals surface area contributed by atoms with Crippen LogP contribution in [0.4, 0.5) is 4.39 Å². The molecule has 0 aromatic heterocycles. The number of halogens is 1. The summed E-state index contributed by atoms with van der Waals surface area (Å²) >= 11 is 0. The van der Waals surface area contributed by atoms with E-state index in [9.17, 15) is 21.2 Å². The molecule has 1 unspecified atom stereocenters. The van der Waals surface area contributed by atoms with Crippen molar-refractivity contribution in [2.75, 3.05) is 30.4 Å². The lowest BCUT2D eigenvalue weighted by atomic mass is 10.0. The van der Waals surface area contributed by atoms with E-state index in [2.05, 4.69) is 4.72 Å². The van der Waals surface area contributed by atoms with Crippen LogP contribution >= 0.6 is 0 Å². The Morgan fingerprint density at radius 3 is 2.58 bits per heavy atom. The topological polar surface area (TPSA) is 89.5 Å². The van der Waals surface area contributed by atoms with E-state index in [4.69, 9.17) is 4.74 Å². The van der Waals surface area contributed by atoms with Gasteiger partial charge in [0.2, 0.25) is 10.0 Å². The summed E-state index contributed by atoms with van der Waals surface area (Å²) in [4.78, 5) is 0. The quantitative estimate of drug-likeness (QED) is 0.654. The number of hydrogen-bond acceptors (Lipinski definition) is 5. The fraction of sp³-hybridized carbons (Fsp3) is 0.600. The van der Waals surface area contributed by atoms with Crippen LogP contribution in [0, 0.1) is 11.7 Å². The zero-order valence-electron chi connectivity index (χ0n) is 13.3. The highest BCUT2D eigenvalue weighted by Crippen LogP contribution is 2.22. The first-order valence-electron chi connectivity index (χ1n) is 7.82. The molecule has 0 aliphatic carbocycles. The number of ether oxygens (including phenoxy) is 1. The molecule has 1 fully saturated rings. The standard InChI is InChI=1S/C15H22FNO5S2/c16-14-3-5-15(6-4-14)22-9-11-24(20,21)17-8-1-2-13-7-10-23(18,19)12-13/h3-6,13,17H,1-2,7-12H2. The van der Waals surface area contributed by atoms with Crippen molar-refractivity contribution in [3.63, 3.8) is 0 Å². The predicted octanol–water partition coefficient (Wildman–Crippen LogP) is 1.34. The number of hydrogen-bond donors (Lipinski definition) is 1. The summed E-state index contributed by atoms with van der Waals surface area (Å²) in [6, 6.07) is 5.35. The summed E-state index contributed by atoms with van der Waals surface area (Å²) in [6.45, 7) is 0.261. The third-order valence-corrected chi connectivity index (χ3v) is 7.06. The van der Waals surface area contributed by atoms with Crippen molar-refractivity contribution >= 4 is 19.9 Å². The van der Waals surface area contributed by atoms with Gasteiger partial charge in [0.05, 0.1) is 17.3 Å². The summed E-state index contributed by atoms with van der Waals surface area (Å²) in [5.74, 6) is 0.430. The van der Waals surface area contributed by atoms with E-state index in [-0.39, 0.29) is 42.1 Å². The smallest absolute Gasteiger partial charge is 0.214 e. The summed E-state index contributed by atoms with van der Waals surface area (Å²) in [7, 11) is -6.33. The Morgan fingerprint density at radius 2 is 1.96 bits per heavy atom. The number of rotatable bonds is 9. The van der Waals surface area contributed by atoms with Crippen molar-refractivity contribution < 1.29 is 26.0 Å². The van der Waals surface area contributed by atoms with Crippen LogP contribution in [0.1, 0.15) is 19.3 Å². The van der Waals surface area contributed by atoms with E-state index in [0.717, 1.165) is 0 Å². The largest absolute Gasteiger partial charge is 0.492 e. The van der Waals surface area contributed by atoms with Gasteiger partial charge in [-0.05, 0) is 49.4 Å². The second-order valence-electron chi connectivity index (χ2n) is 5.93. The van der Waals surface area contributed by atoms with Crippen molar-refractivity contribution in [1.29, 1.82) is 0 Å². The second-order valence-corrected chi connectivity index (χ2v) is 10.1. The molecular weight excluding hydrogens is 357 g/mol. The van der Waals surface area contributed by atoms with E-state index < -0.39 is 19.9 Å². The maximum Gasteiger partial charge on any atom is 0.214 e. The average Bonchev–Trinajstić information content (AvgIpc) is 2.85. The van der Waals surface area contributed by atoms with Crippen molar-refractivity contribution in [2.45, 2.75) is 19.3 Å². The van der Waals surface area contributed by atoms with Gasteiger partial charge in [-0.15, -0.1) is 0 Å². The fourth-order valence-electron chi connectivity index (χ4n) is 2.59. The average molecular weight is 379 g/mol. The number of nitrogens with one attached hydrogen (secondary N) is 1. The molecule has 6 nitrogen and oxygen atoms in total. The summed E-state index contributed by atoms with van der Waals surface area (Å²) < 4.78 is 66.8. The highest BCUT2D eigenvalue weighted by Gasteiger charge is 2.27. The Hall–Kier alpha value is -1.19. The lowest BCUT2D eigenvalue weighted by molar-refractivity contribution is 0.339. The maximum atomic E-state index is 12.7. The van der Waals surface area contributed by atoms with Crippen LogP contribution in [0.5, 0.6) is 5.75 Å². The van der Waals surface area contributed by atoms with Crippen molar-refractivity contribution in [3.05, 3.63) is 30.1 Å². The molecule has 0 amide bonds. The van der Waals surface area contributed by atoms with Gasteiger partial charge in [-0.1, -0.05) is 0 Å². The van der Waals surface area contributed by atoms with Crippen molar-refractivity contribution in [1.82, 2.24) is 4.72 Å². The Kier molecular flexibility index (Phi) is 6.59. The fourth-order valence-corrected chi connectivity index (χ4v) is 5.40. The normalized spacial score (nSPS) is 20.1. The molecule has 2 rings (SSSR count). The van der Waals surface area contributed by atoms with E-state index in [1.54, 1.807) is 0 Å². The Bertz CT molecular complexity index is 732. The lowest BCUT2D eigenvalue weighted by Crippen LogP contribution is -2.30. The first kappa shape index (κ1) is 19.1. The monoisotopic (exact) mass is 379 g/mol. The van der Waals surface area contributed by atoms with Crippen LogP contribution in [-0.4, -0.2) is 47.2 Å². The van der Waals surface area contributed by atoms with Crippen LogP contribution < -0.4 is 9.46 Å². The molecule has 1 aromatic carbocycles. The first-order chi connectivity index (χ1) is 11.3. The van der Waals surface area contributed by atoms with Gasteiger partial charge < -0.3 is 4.74 Å². The van der Waals surface area contributed by atoms with Crippen LogP contribution in [-0.2, 0) is 19.9 Å². The zero-order chi connectivity index (χ0) is 17.6. The van der Waals surface area contributed by atoms with Crippen molar-refractivity contribution in [2.24, 2.45) is 5.92 Å². The van der Waals surface area contributed by atoms with Gasteiger partial charge in [0.15, 0.2) is 9.84 Å². The molecule has 9 heteroatoms. The second kappa shape index (κ2) is 8.26. The maximum absolute atomic E-state index is 12.7. The van der Waals surface area contributed by atoms with Crippen LogP contribution in [0.25, 0.3) is 0 Å². The minimum Gasteiger partial charge on any atom is -0.492 e. The zero-order valence-corrected chi connectivity index (χ0v) is 14.9. The molecule has 1 atom stereocenters. The molecule has 0 spiro atoms. The Labute approximate surface area is 142 Å². The third kappa shape index (κ3) is 6.74. The van der Waals surface area contributed by atoms with E-state index in [1.165, 1.54) is 24.3 Å². The molecule has 1 aliphatic rings. The van der Waals surface area contributed by atoms with E-state index in [0.29, 0.717) is 25.0 Å². The highest BCUT2D eigenvalue weighted by atomic mass is 32.2. The Balaban J connectivity index is 1.62. The molecular formula is C15H22FNO5S2. The van der Waals surface area contributed by atoms with Crippen LogP contribution in [0.3, 0.4) is 0 Å². The molecule has 136 valence electrons. The Morgan fingerprint density at radius 1 is 1.25 bits per heavy atom. The molecule has 1 aromatic rings. The van der Waals surface area contributed by atoms with Gasteiger partial charge >= 0.3 is 0 Å². The summed E-state index contributed by atoms with van der Waals surface area (Å²) in [5.41, 5.74) is 0. The van der Waals surface area contributed by atoms with Gasteiger partial charge in [0.1, 0.15) is 18.2 Å². The predicted molar refractivity (Wildman–Crippen MR) is 89.7 cm³/mol. The van der Waals surface area contributed by atoms with Gasteiger partial charge in [0.25, 0.3) is 0 Å². The van der Waals surface area contributed by atoms with Crippen LogP contribution in [0.15, 0.2) is 24.3 Å². The molecule has 1 aliphatic heterocycles. The number of sulfone groups is 1. The molecule has 1 N–H and O–H groups in total. The number of benzene rings is 1. The van der Waals surface area contributed by atoms with Crippen molar-refractivity contribution in [3.8, 4) is 5.75 Å². The minimum atomic E-state index is -3.45. The van der Waals surface area contributed by atoms with Gasteiger partial charge in [0, 0.05) is 6.54 Å².